The lowest BCUT2D eigenvalue weighted by Crippen LogP contribution is -2.00. The first kappa shape index (κ1) is 10.4. The highest BCUT2D eigenvalue weighted by Gasteiger charge is 2.24. The third-order valence-corrected chi connectivity index (χ3v) is 3.01. The van der Waals surface area contributed by atoms with Gasteiger partial charge in [-0.15, -0.1) is 0 Å². The van der Waals surface area contributed by atoms with Crippen LogP contribution in [-0.4, -0.2) is 5.71 Å². The van der Waals surface area contributed by atoms with Crippen molar-refractivity contribution in [3.63, 3.8) is 0 Å². The Morgan fingerprint density at radius 1 is 1.18 bits per heavy atom. The lowest BCUT2D eigenvalue weighted by atomic mass is 10.0. The van der Waals surface area contributed by atoms with Crippen molar-refractivity contribution in [1.82, 2.24) is 0 Å². The normalized spacial score (nSPS) is 18.9. The van der Waals surface area contributed by atoms with E-state index in [-0.39, 0.29) is 6.10 Å². The van der Waals surface area contributed by atoms with Crippen LogP contribution < -0.4 is 0 Å². The van der Waals surface area contributed by atoms with E-state index < -0.39 is 0 Å². The molecule has 2 heterocycles. The van der Waals surface area contributed by atoms with Gasteiger partial charge in [0.2, 0.25) is 0 Å². The lowest BCUT2D eigenvalue weighted by Gasteiger charge is -2.03. The Hall–Kier alpha value is -1.74. The molecule has 4 heteroatoms. The molecule has 3 rings (SSSR count). The van der Waals surface area contributed by atoms with Gasteiger partial charge in [0.25, 0.3) is 0 Å². The van der Waals surface area contributed by atoms with Gasteiger partial charge in [-0.25, -0.2) is 0 Å². The van der Waals surface area contributed by atoms with E-state index in [1.807, 2.05) is 30.3 Å². The molecule has 1 aromatic heterocycles. The van der Waals surface area contributed by atoms with E-state index in [0.717, 1.165) is 28.3 Å². The van der Waals surface area contributed by atoms with E-state index in [1.54, 1.807) is 12.5 Å². The number of hydrogen-bond acceptors (Lipinski definition) is 3. The Morgan fingerprint density at radius 2 is 2.00 bits per heavy atom. The second-order valence-electron chi connectivity index (χ2n) is 3.90. The third-order valence-electron chi connectivity index (χ3n) is 2.76. The number of rotatable bonds is 2. The molecule has 2 aromatic rings. The van der Waals surface area contributed by atoms with Gasteiger partial charge < -0.3 is 9.25 Å². The largest absolute Gasteiger partial charge is 0.472 e. The van der Waals surface area contributed by atoms with Crippen molar-refractivity contribution < 1.29 is 9.25 Å². The fraction of sp³-hybridized carbons (Fsp3) is 0.154. The molecule has 0 aliphatic carbocycles. The number of hydrogen-bond donors (Lipinski definition) is 0. The molecule has 1 aliphatic rings. The SMILES string of the molecule is Clc1ccc(C2=NOC(c3ccoc3)C2)cc1. The van der Waals surface area contributed by atoms with Crippen molar-refractivity contribution in [2.45, 2.75) is 12.5 Å². The number of furan rings is 1. The van der Waals surface area contributed by atoms with Gasteiger partial charge >= 0.3 is 0 Å². The van der Waals surface area contributed by atoms with E-state index in [9.17, 15) is 0 Å². The zero-order valence-corrected chi connectivity index (χ0v) is 9.72. The molecule has 86 valence electrons. The number of benzene rings is 1. The summed E-state index contributed by atoms with van der Waals surface area (Å²) in [7, 11) is 0. The summed E-state index contributed by atoms with van der Waals surface area (Å²) in [5, 5.41) is 4.83. The van der Waals surface area contributed by atoms with Crippen molar-refractivity contribution in [1.29, 1.82) is 0 Å². The molecule has 0 spiro atoms. The number of oxime groups is 1. The smallest absolute Gasteiger partial charge is 0.161 e. The van der Waals surface area contributed by atoms with Gasteiger partial charge in [-0.3, -0.25) is 0 Å². The van der Waals surface area contributed by atoms with Gasteiger partial charge in [0.05, 0.1) is 18.2 Å². The molecule has 0 amide bonds. The van der Waals surface area contributed by atoms with Crippen LogP contribution in [0.1, 0.15) is 23.7 Å². The topological polar surface area (TPSA) is 34.7 Å². The van der Waals surface area contributed by atoms with Gasteiger partial charge in [0, 0.05) is 17.0 Å². The Bertz CT molecular complexity index is 531. The van der Waals surface area contributed by atoms with Gasteiger partial charge in [-0.1, -0.05) is 28.9 Å². The average molecular weight is 248 g/mol. The second kappa shape index (κ2) is 4.26. The second-order valence-corrected chi connectivity index (χ2v) is 4.34. The Kier molecular flexibility index (Phi) is 2.61. The highest BCUT2D eigenvalue weighted by atomic mass is 35.5. The predicted molar refractivity (Wildman–Crippen MR) is 65.1 cm³/mol. The maximum Gasteiger partial charge on any atom is 0.161 e. The molecule has 17 heavy (non-hydrogen) atoms. The first-order valence-corrected chi connectivity index (χ1v) is 5.71. The van der Waals surface area contributed by atoms with Crippen molar-refractivity contribution in [3.05, 3.63) is 59.0 Å². The van der Waals surface area contributed by atoms with Gasteiger partial charge in [0.15, 0.2) is 6.10 Å². The van der Waals surface area contributed by atoms with E-state index >= 15 is 0 Å². The van der Waals surface area contributed by atoms with E-state index in [2.05, 4.69) is 5.16 Å². The molecule has 0 fully saturated rings. The molecule has 0 N–H and O–H groups in total. The van der Waals surface area contributed by atoms with Crippen LogP contribution in [0.4, 0.5) is 0 Å². The monoisotopic (exact) mass is 247 g/mol. The summed E-state index contributed by atoms with van der Waals surface area (Å²) in [5.74, 6) is 0. The quantitative estimate of drug-likeness (QED) is 0.809. The van der Waals surface area contributed by atoms with Crippen molar-refractivity contribution in [3.8, 4) is 0 Å². The number of halogens is 1. The standard InChI is InChI=1S/C13H10ClNO2/c14-11-3-1-9(2-4-11)12-7-13(17-15-12)10-5-6-16-8-10/h1-6,8,13H,7H2. The maximum atomic E-state index is 5.84. The Labute approximate surface area is 104 Å². The molecule has 1 atom stereocenters. The molecule has 0 radical (unpaired) electrons. The van der Waals surface area contributed by atoms with Crippen LogP contribution in [0.5, 0.6) is 0 Å². The van der Waals surface area contributed by atoms with Crippen LogP contribution in [0.2, 0.25) is 5.02 Å². The summed E-state index contributed by atoms with van der Waals surface area (Å²) in [5.41, 5.74) is 2.99. The molecule has 1 aromatic carbocycles. The first-order valence-electron chi connectivity index (χ1n) is 5.33. The highest BCUT2D eigenvalue weighted by Crippen LogP contribution is 2.29. The van der Waals surface area contributed by atoms with Crippen LogP contribution in [0, 0.1) is 0 Å². The van der Waals surface area contributed by atoms with Gasteiger partial charge in [-0.2, -0.15) is 0 Å². The third kappa shape index (κ3) is 2.06. The molecule has 1 unspecified atom stereocenters. The molecule has 0 bridgehead atoms. The minimum Gasteiger partial charge on any atom is -0.472 e. The summed E-state index contributed by atoms with van der Waals surface area (Å²) in [4.78, 5) is 5.39. The van der Waals surface area contributed by atoms with E-state index in [0.29, 0.717) is 0 Å². The summed E-state index contributed by atoms with van der Waals surface area (Å²) in [6.07, 6.45) is 4.03. The molecule has 0 saturated heterocycles. The number of nitrogens with zero attached hydrogens (tertiary/aromatic N) is 1. The zero-order valence-electron chi connectivity index (χ0n) is 8.97. The maximum absolute atomic E-state index is 5.84. The van der Waals surface area contributed by atoms with Crippen LogP contribution >= 0.6 is 11.6 Å². The Morgan fingerprint density at radius 3 is 2.71 bits per heavy atom. The lowest BCUT2D eigenvalue weighted by molar-refractivity contribution is 0.0853. The summed E-state index contributed by atoms with van der Waals surface area (Å²) in [6, 6.07) is 9.49. The van der Waals surface area contributed by atoms with E-state index in [1.165, 1.54) is 0 Å². The first-order chi connectivity index (χ1) is 8.33. The van der Waals surface area contributed by atoms with Crippen LogP contribution in [0.15, 0.2) is 52.4 Å². The highest BCUT2D eigenvalue weighted by molar-refractivity contribution is 6.30. The summed E-state index contributed by atoms with van der Waals surface area (Å²) >= 11 is 5.84. The summed E-state index contributed by atoms with van der Waals surface area (Å²) in [6.45, 7) is 0. The van der Waals surface area contributed by atoms with Crippen LogP contribution in [-0.2, 0) is 4.84 Å². The minimum atomic E-state index is -0.0422. The minimum absolute atomic E-state index is 0.0422. The fourth-order valence-electron chi connectivity index (χ4n) is 1.83. The van der Waals surface area contributed by atoms with Crippen molar-refractivity contribution in [2.75, 3.05) is 0 Å². The Balaban J connectivity index is 1.77. The molecule has 3 nitrogen and oxygen atoms in total. The molecule has 0 saturated carbocycles. The van der Waals surface area contributed by atoms with Gasteiger partial charge in [-0.05, 0) is 23.8 Å². The van der Waals surface area contributed by atoms with Crippen LogP contribution in [0.3, 0.4) is 0 Å². The van der Waals surface area contributed by atoms with Crippen LogP contribution in [0.25, 0.3) is 0 Å². The zero-order chi connectivity index (χ0) is 11.7. The average Bonchev–Trinajstić information content (AvgIpc) is 3.00. The van der Waals surface area contributed by atoms with Crippen molar-refractivity contribution in [2.24, 2.45) is 5.16 Å². The fourth-order valence-corrected chi connectivity index (χ4v) is 1.95. The summed E-state index contributed by atoms with van der Waals surface area (Å²) < 4.78 is 5.04. The molecular weight excluding hydrogens is 238 g/mol. The molecular formula is C13H10ClNO2. The van der Waals surface area contributed by atoms with Crippen molar-refractivity contribution >= 4 is 17.3 Å². The predicted octanol–water partition coefficient (Wildman–Crippen LogP) is 3.80. The van der Waals surface area contributed by atoms with Gasteiger partial charge in [0.1, 0.15) is 0 Å². The molecule has 1 aliphatic heterocycles. The van der Waals surface area contributed by atoms with E-state index in [4.69, 9.17) is 20.9 Å².